The van der Waals surface area contributed by atoms with E-state index in [1.165, 1.54) is 5.56 Å². The average Bonchev–Trinajstić information content (AvgIpc) is 2.63. The van der Waals surface area contributed by atoms with E-state index in [-0.39, 0.29) is 24.9 Å². The standard InChI is InChI=1S/C23H29N3O2S/c1-6-11-29-20-10-8-7-9-19(20)24-21(27)14-26(5)15-22(28)25-23-17(3)12-16(2)13-18(23)4/h6-10,12-13H,1,11,14-15H2,2-5H3,(H,24,27)(H,25,28)/p+1. The Kier molecular flexibility index (Phi) is 8.49. The van der Waals surface area contributed by atoms with Crippen LogP contribution in [-0.4, -0.2) is 37.7 Å². The highest BCUT2D eigenvalue weighted by molar-refractivity contribution is 7.99. The molecule has 0 bridgehead atoms. The SMILES string of the molecule is C=CCSc1ccccc1NC(=O)C[NH+](C)CC(=O)Nc1c(C)cc(C)cc1C. The van der Waals surface area contributed by atoms with Gasteiger partial charge < -0.3 is 15.5 Å². The summed E-state index contributed by atoms with van der Waals surface area (Å²) in [6, 6.07) is 11.8. The number of carbonyl (C=O) groups is 2. The third-order valence-corrected chi connectivity index (χ3v) is 5.45. The van der Waals surface area contributed by atoms with Crippen LogP contribution in [0.4, 0.5) is 11.4 Å². The van der Waals surface area contributed by atoms with Crippen molar-refractivity contribution < 1.29 is 14.5 Å². The van der Waals surface area contributed by atoms with Crippen molar-refractivity contribution in [3.8, 4) is 0 Å². The number of hydrogen-bond acceptors (Lipinski definition) is 3. The van der Waals surface area contributed by atoms with Crippen molar-refractivity contribution in [1.82, 2.24) is 0 Å². The van der Waals surface area contributed by atoms with Crippen LogP contribution >= 0.6 is 11.8 Å². The lowest BCUT2D eigenvalue weighted by Gasteiger charge is -2.16. The Balaban J connectivity index is 1.90. The first-order valence-electron chi connectivity index (χ1n) is 9.61. The van der Waals surface area contributed by atoms with Gasteiger partial charge in [0.25, 0.3) is 11.8 Å². The molecule has 0 aromatic heterocycles. The van der Waals surface area contributed by atoms with Gasteiger partial charge in [0.05, 0.1) is 12.7 Å². The summed E-state index contributed by atoms with van der Waals surface area (Å²) in [5.41, 5.74) is 4.89. The maximum absolute atomic E-state index is 12.4. The molecule has 1 unspecified atom stereocenters. The van der Waals surface area contributed by atoms with Crippen molar-refractivity contribution >= 4 is 35.0 Å². The number of hydrogen-bond donors (Lipinski definition) is 3. The van der Waals surface area contributed by atoms with Gasteiger partial charge in [-0.05, 0) is 44.0 Å². The lowest BCUT2D eigenvalue weighted by atomic mass is 10.1. The minimum Gasteiger partial charge on any atom is -0.322 e. The number of carbonyl (C=O) groups excluding carboxylic acids is 2. The summed E-state index contributed by atoms with van der Waals surface area (Å²) in [5.74, 6) is 0.549. The molecule has 0 fully saturated rings. The molecule has 0 aliphatic carbocycles. The average molecular weight is 413 g/mol. The minimum atomic E-state index is -0.121. The number of rotatable bonds is 9. The molecule has 0 radical (unpaired) electrons. The summed E-state index contributed by atoms with van der Waals surface area (Å²) in [5, 5.41) is 5.94. The van der Waals surface area contributed by atoms with Gasteiger partial charge in [0.15, 0.2) is 13.1 Å². The monoisotopic (exact) mass is 412 g/mol. The van der Waals surface area contributed by atoms with Gasteiger partial charge in [0, 0.05) is 16.3 Å². The number of quaternary nitrogens is 1. The summed E-state index contributed by atoms with van der Waals surface area (Å²) in [6.07, 6.45) is 1.83. The third kappa shape index (κ3) is 7.07. The maximum atomic E-state index is 12.4. The quantitative estimate of drug-likeness (QED) is 0.438. The van der Waals surface area contributed by atoms with Crippen molar-refractivity contribution in [2.45, 2.75) is 25.7 Å². The van der Waals surface area contributed by atoms with Gasteiger partial charge in [-0.25, -0.2) is 0 Å². The highest BCUT2D eigenvalue weighted by Gasteiger charge is 2.17. The summed E-state index contributed by atoms with van der Waals surface area (Å²) >= 11 is 1.62. The predicted molar refractivity (Wildman–Crippen MR) is 122 cm³/mol. The second-order valence-electron chi connectivity index (χ2n) is 7.28. The number of likely N-dealkylation sites (N-methyl/N-ethyl adjacent to an activating group) is 1. The van der Waals surface area contributed by atoms with Crippen LogP contribution in [0.2, 0.25) is 0 Å². The molecule has 29 heavy (non-hydrogen) atoms. The van der Waals surface area contributed by atoms with Gasteiger partial charge in [-0.3, -0.25) is 9.59 Å². The van der Waals surface area contributed by atoms with Crippen molar-refractivity contribution in [2.24, 2.45) is 0 Å². The van der Waals surface area contributed by atoms with Crippen molar-refractivity contribution in [3.05, 3.63) is 65.7 Å². The van der Waals surface area contributed by atoms with Crippen LogP contribution in [0.3, 0.4) is 0 Å². The van der Waals surface area contributed by atoms with E-state index < -0.39 is 0 Å². The Bertz CT molecular complexity index is 872. The molecule has 0 spiro atoms. The molecule has 1 atom stereocenters. The number of amides is 2. The lowest BCUT2D eigenvalue weighted by molar-refractivity contribution is -0.862. The van der Waals surface area contributed by atoms with Gasteiger partial charge in [-0.15, -0.1) is 18.3 Å². The van der Waals surface area contributed by atoms with E-state index in [0.29, 0.717) is 0 Å². The first-order chi connectivity index (χ1) is 13.8. The first-order valence-corrected chi connectivity index (χ1v) is 10.6. The Morgan fingerprint density at radius 2 is 1.62 bits per heavy atom. The smallest absolute Gasteiger partial charge is 0.279 e. The van der Waals surface area contributed by atoms with E-state index >= 15 is 0 Å². The zero-order valence-electron chi connectivity index (χ0n) is 17.6. The zero-order chi connectivity index (χ0) is 21.4. The Morgan fingerprint density at radius 1 is 1.03 bits per heavy atom. The topological polar surface area (TPSA) is 62.6 Å². The van der Waals surface area contributed by atoms with E-state index in [2.05, 4.69) is 29.3 Å². The third-order valence-electron chi connectivity index (χ3n) is 4.38. The molecule has 154 valence electrons. The molecule has 2 amide bonds. The molecule has 0 aliphatic rings. The molecule has 5 nitrogen and oxygen atoms in total. The maximum Gasteiger partial charge on any atom is 0.279 e. The van der Waals surface area contributed by atoms with Crippen LogP contribution in [0, 0.1) is 20.8 Å². The van der Waals surface area contributed by atoms with Gasteiger partial charge >= 0.3 is 0 Å². The van der Waals surface area contributed by atoms with Crippen LogP contribution in [0.15, 0.2) is 53.9 Å². The van der Waals surface area contributed by atoms with E-state index in [0.717, 1.165) is 38.0 Å². The second-order valence-corrected chi connectivity index (χ2v) is 8.34. The highest BCUT2D eigenvalue weighted by Crippen LogP contribution is 2.26. The Hall–Kier alpha value is -2.57. The lowest BCUT2D eigenvalue weighted by Crippen LogP contribution is -3.11. The number of thioether (sulfide) groups is 1. The van der Waals surface area contributed by atoms with Crippen molar-refractivity contribution in [3.63, 3.8) is 0 Å². The van der Waals surface area contributed by atoms with Crippen LogP contribution in [-0.2, 0) is 9.59 Å². The van der Waals surface area contributed by atoms with Crippen LogP contribution in [0.1, 0.15) is 16.7 Å². The summed E-state index contributed by atoms with van der Waals surface area (Å²) < 4.78 is 0. The Labute approximate surface area is 177 Å². The highest BCUT2D eigenvalue weighted by atomic mass is 32.2. The molecule has 0 aliphatic heterocycles. The molecule has 0 saturated carbocycles. The molecular weight excluding hydrogens is 382 g/mol. The van der Waals surface area contributed by atoms with Crippen molar-refractivity contribution in [1.29, 1.82) is 0 Å². The number of aryl methyl sites for hydroxylation is 3. The zero-order valence-corrected chi connectivity index (χ0v) is 18.4. The fourth-order valence-corrected chi connectivity index (χ4v) is 3.96. The van der Waals surface area contributed by atoms with Crippen LogP contribution in [0.25, 0.3) is 0 Å². The van der Waals surface area contributed by atoms with E-state index in [4.69, 9.17) is 0 Å². The van der Waals surface area contributed by atoms with Crippen LogP contribution < -0.4 is 15.5 Å². The van der Waals surface area contributed by atoms with E-state index in [9.17, 15) is 9.59 Å². The molecule has 2 aromatic carbocycles. The first kappa shape index (κ1) is 22.7. The molecule has 0 saturated heterocycles. The normalized spacial score (nSPS) is 11.6. The predicted octanol–water partition coefficient (Wildman–Crippen LogP) is 2.98. The molecule has 2 rings (SSSR count). The number of anilines is 2. The fourth-order valence-electron chi connectivity index (χ4n) is 3.21. The number of para-hydroxylation sites is 1. The summed E-state index contributed by atoms with van der Waals surface area (Å²) in [4.78, 5) is 26.7. The molecule has 3 N–H and O–H groups in total. The summed E-state index contributed by atoms with van der Waals surface area (Å²) in [6.45, 7) is 10.2. The largest absolute Gasteiger partial charge is 0.322 e. The Morgan fingerprint density at radius 3 is 2.24 bits per heavy atom. The minimum absolute atomic E-state index is 0.104. The fraction of sp³-hybridized carbons (Fsp3) is 0.304. The van der Waals surface area contributed by atoms with Gasteiger partial charge in [-0.1, -0.05) is 35.9 Å². The molecule has 0 heterocycles. The van der Waals surface area contributed by atoms with E-state index in [1.807, 2.05) is 58.2 Å². The number of benzene rings is 2. The molecule has 2 aromatic rings. The van der Waals surface area contributed by atoms with Gasteiger partial charge in [0.1, 0.15) is 0 Å². The number of nitrogens with one attached hydrogen (secondary N) is 3. The second kappa shape index (κ2) is 10.8. The molecular formula is C23H30N3O2S+. The van der Waals surface area contributed by atoms with Gasteiger partial charge in [0.2, 0.25) is 0 Å². The van der Waals surface area contributed by atoms with Crippen LogP contribution in [0.5, 0.6) is 0 Å². The molecule has 6 heteroatoms. The summed E-state index contributed by atoms with van der Waals surface area (Å²) in [7, 11) is 1.84. The van der Waals surface area contributed by atoms with E-state index in [1.54, 1.807) is 11.8 Å². The van der Waals surface area contributed by atoms with Crippen molar-refractivity contribution in [2.75, 3.05) is 36.5 Å². The van der Waals surface area contributed by atoms with Gasteiger partial charge in [-0.2, -0.15) is 0 Å².